The molecule has 20 heavy (non-hydrogen) atoms. The Kier molecular flexibility index (Phi) is 5.98. The van der Waals surface area contributed by atoms with Gasteiger partial charge in [-0.3, -0.25) is 14.7 Å². The molecule has 6 nitrogen and oxygen atoms in total. The fourth-order valence-corrected chi connectivity index (χ4v) is 3.07. The summed E-state index contributed by atoms with van der Waals surface area (Å²) in [6.07, 6.45) is 0.537. The first kappa shape index (κ1) is 17.4. The van der Waals surface area contributed by atoms with Gasteiger partial charge in [0.05, 0.1) is 6.04 Å². The van der Waals surface area contributed by atoms with Crippen LogP contribution in [0.3, 0.4) is 0 Å². The van der Waals surface area contributed by atoms with Crippen molar-refractivity contribution in [3.05, 3.63) is 0 Å². The summed E-state index contributed by atoms with van der Waals surface area (Å²) in [6.45, 7) is 8.15. The summed E-state index contributed by atoms with van der Waals surface area (Å²) in [5.74, 6) is -0.550. The van der Waals surface area contributed by atoms with E-state index in [0.717, 1.165) is 5.04 Å². The van der Waals surface area contributed by atoms with Crippen LogP contribution in [0.1, 0.15) is 40.5 Å². The molecule has 0 spiro atoms. The molecule has 114 valence electrons. The van der Waals surface area contributed by atoms with Crippen LogP contribution in [0.5, 0.6) is 0 Å². The van der Waals surface area contributed by atoms with Gasteiger partial charge in [-0.05, 0) is 13.3 Å². The third-order valence-corrected chi connectivity index (χ3v) is 4.73. The van der Waals surface area contributed by atoms with E-state index in [4.69, 9.17) is 5.73 Å². The van der Waals surface area contributed by atoms with E-state index in [9.17, 15) is 9.59 Å². The van der Waals surface area contributed by atoms with E-state index < -0.39 is 11.9 Å². The molecule has 0 saturated carbocycles. The fourth-order valence-electron chi connectivity index (χ4n) is 1.69. The molecule has 1 aliphatic heterocycles. The van der Waals surface area contributed by atoms with E-state index >= 15 is 0 Å². The zero-order chi connectivity index (χ0) is 15.5. The number of nitrogens with zero attached hydrogens (tertiary/aromatic N) is 2. The molecule has 1 rings (SSSR count). The van der Waals surface area contributed by atoms with E-state index in [1.165, 1.54) is 5.01 Å². The first-order chi connectivity index (χ1) is 9.16. The van der Waals surface area contributed by atoms with Gasteiger partial charge < -0.3 is 5.73 Å². The molecule has 0 bridgehead atoms. The Hall–Kier alpha value is -0.650. The molecule has 0 aromatic carbocycles. The van der Waals surface area contributed by atoms with Gasteiger partial charge in [-0.15, -0.1) is 0 Å². The maximum atomic E-state index is 12.4. The standard InChI is InChI=1S/C12H23N4O2PS/c1-7-16(14-11(20-7)12(2,3)4)10(18)8(15-19)5-6-9(13)17/h7-8,15H,5-6,19H2,1-4H3,(H2,13,17). The molecule has 0 aromatic heterocycles. The number of hydrogen-bond acceptors (Lipinski definition) is 5. The number of amides is 2. The number of hydrogen-bond donors (Lipinski definition) is 2. The Morgan fingerprint density at radius 3 is 2.55 bits per heavy atom. The predicted molar refractivity (Wildman–Crippen MR) is 85.9 cm³/mol. The second kappa shape index (κ2) is 6.87. The Labute approximate surface area is 126 Å². The van der Waals surface area contributed by atoms with Crippen molar-refractivity contribution in [3.8, 4) is 0 Å². The predicted octanol–water partition coefficient (Wildman–Crippen LogP) is 1.28. The van der Waals surface area contributed by atoms with Crippen LogP contribution in [0, 0.1) is 5.41 Å². The number of carbonyl (C=O) groups is 2. The number of rotatable bonds is 5. The van der Waals surface area contributed by atoms with Gasteiger partial charge in [0.1, 0.15) is 10.4 Å². The quantitative estimate of drug-likeness (QED) is 0.748. The first-order valence-electron chi connectivity index (χ1n) is 6.50. The largest absolute Gasteiger partial charge is 0.370 e. The molecule has 1 heterocycles. The van der Waals surface area contributed by atoms with E-state index in [0.29, 0.717) is 6.42 Å². The number of primary amides is 1. The summed E-state index contributed by atoms with van der Waals surface area (Å²) in [5.41, 5.74) is 5.05. The van der Waals surface area contributed by atoms with Crippen molar-refractivity contribution in [2.75, 3.05) is 0 Å². The van der Waals surface area contributed by atoms with E-state index in [2.05, 4.69) is 40.4 Å². The highest BCUT2D eigenvalue weighted by atomic mass is 32.2. The lowest BCUT2D eigenvalue weighted by Gasteiger charge is -2.22. The molecular formula is C12H23N4O2PS. The Balaban J connectivity index is 2.79. The molecular weight excluding hydrogens is 295 g/mol. The molecule has 0 aromatic rings. The summed E-state index contributed by atoms with van der Waals surface area (Å²) in [7, 11) is 2.31. The van der Waals surface area contributed by atoms with Gasteiger partial charge in [0.25, 0.3) is 5.91 Å². The zero-order valence-corrected chi connectivity index (χ0v) is 14.3. The first-order valence-corrected chi connectivity index (χ1v) is 7.95. The van der Waals surface area contributed by atoms with Gasteiger partial charge in [0.15, 0.2) is 0 Å². The van der Waals surface area contributed by atoms with E-state index in [1.807, 2.05) is 6.92 Å². The van der Waals surface area contributed by atoms with Crippen molar-refractivity contribution in [2.24, 2.45) is 16.3 Å². The minimum Gasteiger partial charge on any atom is -0.370 e. The highest BCUT2D eigenvalue weighted by Crippen LogP contribution is 2.35. The van der Waals surface area contributed by atoms with Crippen molar-refractivity contribution < 1.29 is 9.59 Å². The van der Waals surface area contributed by atoms with Gasteiger partial charge >= 0.3 is 0 Å². The molecule has 0 radical (unpaired) electrons. The zero-order valence-electron chi connectivity index (χ0n) is 12.3. The summed E-state index contributed by atoms with van der Waals surface area (Å²) in [4.78, 5) is 23.3. The Morgan fingerprint density at radius 1 is 1.55 bits per heavy atom. The maximum Gasteiger partial charge on any atom is 0.261 e. The summed E-state index contributed by atoms with van der Waals surface area (Å²) < 4.78 is 0. The number of nitrogens with one attached hydrogen (secondary N) is 1. The van der Waals surface area contributed by atoms with E-state index in [-0.39, 0.29) is 23.1 Å². The average Bonchev–Trinajstić information content (AvgIpc) is 2.71. The van der Waals surface area contributed by atoms with Gasteiger partial charge in [0.2, 0.25) is 5.91 Å². The minimum atomic E-state index is -0.474. The SMILES string of the molecule is CC1SC(C(C)(C)C)=NN1C(=O)C(CCC(N)=O)NP. The lowest BCUT2D eigenvalue weighted by atomic mass is 9.99. The van der Waals surface area contributed by atoms with Gasteiger partial charge in [-0.2, -0.15) is 5.10 Å². The fraction of sp³-hybridized carbons (Fsp3) is 0.750. The molecule has 3 N–H and O–H groups in total. The average molecular weight is 318 g/mol. The lowest BCUT2D eigenvalue weighted by Crippen LogP contribution is -2.43. The lowest BCUT2D eigenvalue weighted by molar-refractivity contribution is -0.133. The second-order valence-corrected chi connectivity index (χ2v) is 7.42. The molecule has 8 heteroatoms. The Morgan fingerprint density at radius 2 is 2.15 bits per heavy atom. The Bertz CT molecular complexity index is 422. The molecule has 1 aliphatic rings. The molecule has 3 atom stereocenters. The molecule has 0 fully saturated rings. The molecule has 3 unspecified atom stereocenters. The molecule has 0 saturated heterocycles. The van der Waals surface area contributed by atoms with Crippen molar-refractivity contribution in [1.29, 1.82) is 0 Å². The van der Waals surface area contributed by atoms with Gasteiger partial charge in [-0.25, -0.2) is 5.01 Å². The number of hydrazone groups is 1. The van der Waals surface area contributed by atoms with Crippen LogP contribution in [0.2, 0.25) is 0 Å². The second-order valence-electron chi connectivity index (χ2n) is 5.78. The van der Waals surface area contributed by atoms with Crippen molar-refractivity contribution in [2.45, 2.75) is 52.0 Å². The maximum absolute atomic E-state index is 12.4. The molecule has 2 amide bonds. The highest BCUT2D eigenvalue weighted by Gasteiger charge is 2.36. The summed E-state index contributed by atoms with van der Waals surface area (Å²) in [6, 6.07) is -0.474. The van der Waals surface area contributed by atoms with Gasteiger partial charge in [0, 0.05) is 11.8 Å². The minimum absolute atomic E-state index is 0.0360. The van der Waals surface area contributed by atoms with Crippen LogP contribution in [0.25, 0.3) is 0 Å². The van der Waals surface area contributed by atoms with Crippen LogP contribution < -0.4 is 10.8 Å². The highest BCUT2D eigenvalue weighted by molar-refractivity contribution is 8.14. The number of thioether (sulfide) groups is 1. The number of carbonyl (C=O) groups excluding carboxylic acids is 2. The van der Waals surface area contributed by atoms with Crippen LogP contribution in [-0.2, 0) is 9.59 Å². The summed E-state index contributed by atoms with van der Waals surface area (Å²) in [5, 5.41) is 9.68. The summed E-state index contributed by atoms with van der Waals surface area (Å²) >= 11 is 1.59. The van der Waals surface area contributed by atoms with Crippen molar-refractivity contribution in [3.63, 3.8) is 0 Å². The third-order valence-electron chi connectivity index (χ3n) is 2.87. The smallest absolute Gasteiger partial charge is 0.261 e. The van der Waals surface area contributed by atoms with Crippen LogP contribution in [-0.4, -0.2) is 33.3 Å². The normalized spacial score (nSPS) is 20.8. The topological polar surface area (TPSA) is 87.8 Å². The van der Waals surface area contributed by atoms with Crippen molar-refractivity contribution in [1.82, 2.24) is 10.1 Å². The van der Waals surface area contributed by atoms with Crippen LogP contribution >= 0.6 is 21.2 Å². The van der Waals surface area contributed by atoms with Crippen molar-refractivity contribution >= 4 is 38.0 Å². The van der Waals surface area contributed by atoms with Gasteiger partial charge in [-0.1, -0.05) is 41.9 Å². The van der Waals surface area contributed by atoms with E-state index in [1.54, 1.807) is 11.8 Å². The van der Waals surface area contributed by atoms with Crippen LogP contribution in [0.4, 0.5) is 0 Å². The molecule has 0 aliphatic carbocycles. The van der Waals surface area contributed by atoms with Crippen LogP contribution in [0.15, 0.2) is 5.10 Å². The monoisotopic (exact) mass is 318 g/mol. The number of nitrogens with two attached hydrogens (primary N) is 1. The third kappa shape index (κ3) is 4.43.